The highest BCUT2D eigenvalue weighted by Gasteiger charge is 2.31. The normalized spacial score (nSPS) is 34.2. The summed E-state index contributed by atoms with van der Waals surface area (Å²) < 4.78 is 0. The zero-order chi connectivity index (χ0) is 10.0. The molecule has 0 saturated heterocycles. The first kappa shape index (κ1) is 10.4. The van der Waals surface area contributed by atoms with Crippen molar-refractivity contribution in [2.24, 2.45) is 5.92 Å². The van der Waals surface area contributed by atoms with Gasteiger partial charge in [-0.15, -0.1) is 0 Å². The second kappa shape index (κ2) is 4.05. The van der Waals surface area contributed by atoms with Crippen LogP contribution in [-0.4, -0.2) is 34.1 Å². The van der Waals surface area contributed by atoms with Crippen LogP contribution in [0, 0.1) is 5.92 Å². The predicted molar refractivity (Wildman–Crippen MR) is 50.1 cm³/mol. The molecule has 0 spiro atoms. The van der Waals surface area contributed by atoms with E-state index in [1.54, 1.807) is 6.08 Å². The highest BCUT2D eigenvalue weighted by molar-refractivity contribution is 5.20. The van der Waals surface area contributed by atoms with E-state index >= 15 is 0 Å². The molecule has 0 heterocycles. The lowest BCUT2D eigenvalue weighted by Gasteiger charge is -2.31. The van der Waals surface area contributed by atoms with Crippen LogP contribution < -0.4 is 0 Å². The standard InChI is InChI=1S/C10H16O3/c1-6(2)8-4-3-7(5-11)9(12)10(8)13/h3,8-13H,1,4-5H2,2H3/t8-,9+,10+/m0/s1. The van der Waals surface area contributed by atoms with Gasteiger partial charge in [-0.3, -0.25) is 0 Å². The Kier molecular flexibility index (Phi) is 3.25. The van der Waals surface area contributed by atoms with Gasteiger partial charge in [-0.1, -0.05) is 18.2 Å². The van der Waals surface area contributed by atoms with Crippen molar-refractivity contribution in [3.05, 3.63) is 23.8 Å². The summed E-state index contributed by atoms with van der Waals surface area (Å²) in [6, 6.07) is 0. The van der Waals surface area contributed by atoms with Gasteiger partial charge in [-0.25, -0.2) is 0 Å². The average molecular weight is 184 g/mol. The second-order valence-corrected chi connectivity index (χ2v) is 3.56. The summed E-state index contributed by atoms with van der Waals surface area (Å²) in [6.07, 6.45) is 0.644. The monoisotopic (exact) mass is 184 g/mol. The molecule has 3 N–H and O–H groups in total. The fourth-order valence-corrected chi connectivity index (χ4v) is 1.63. The van der Waals surface area contributed by atoms with E-state index in [9.17, 15) is 10.2 Å². The smallest absolute Gasteiger partial charge is 0.104 e. The molecule has 3 atom stereocenters. The summed E-state index contributed by atoms with van der Waals surface area (Å²) in [7, 11) is 0. The van der Waals surface area contributed by atoms with Crippen molar-refractivity contribution < 1.29 is 15.3 Å². The fourth-order valence-electron chi connectivity index (χ4n) is 1.63. The maximum atomic E-state index is 9.65. The van der Waals surface area contributed by atoms with Crippen LogP contribution in [0.5, 0.6) is 0 Å². The highest BCUT2D eigenvalue weighted by atomic mass is 16.3. The topological polar surface area (TPSA) is 60.7 Å². The van der Waals surface area contributed by atoms with Crippen molar-refractivity contribution in [2.45, 2.75) is 25.6 Å². The van der Waals surface area contributed by atoms with Gasteiger partial charge in [0, 0.05) is 5.92 Å². The maximum absolute atomic E-state index is 9.65. The van der Waals surface area contributed by atoms with Crippen molar-refractivity contribution in [1.82, 2.24) is 0 Å². The molecule has 0 radical (unpaired) electrons. The molecule has 0 fully saturated rings. The molecule has 0 aromatic rings. The zero-order valence-electron chi connectivity index (χ0n) is 7.77. The van der Waals surface area contributed by atoms with Crippen LogP contribution in [0.4, 0.5) is 0 Å². The summed E-state index contributed by atoms with van der Waals surface area (Å²) in [6.45, 7) is 5.39. The van der Waals surface area contributed by atoms with Gasteiger partial charge in [0.25, 0.3) is 0 Å². The molecule has 13 heavy (non-hydrogen) atoms. The number of allylic oxidation sites excluding steroid dienone is 1. The van der Waals surface area contributed by atoms with Gasteiger partial charge in [0.1, 0.15) is 6.10 Å². The summed E-state index contributed by atoms with van der Waals surface area (Å²) in [5, 5.41) is 28.0. The number of hydrogen-bond donors (Lipinski definition) is 3. The molecule has 3 nitrogen and oxygen atoms in total. The first-order valence-electron chi connectivity index (χ1n) is 4.39. The Hall–Kier alpha value is -0.640. The lowest BCUT2D eigenvalue weighted by atomic mass is 9.81. The third-order valence-corrected chi connectivity index (χ3v) is 2.57. The molecule has 0 aliphatic heterocycles. The molecule has 3 heteroatoms. The van der Waals surface area contributed by atoms with E-state index in [1.807, 2.05) is 6.92 Å². The molecule has 0 bridgehead atoms. The molecular weight excluding hydrogens is 168 g/mol. The van der Waals surface area contributed by atoms with E-state index < -0.39 is 12.2 Å². The first-order valence-corrected chi connectivity index (χ1v) is 4.39. The molecular formula is C10H16O3. The Morgan fingerprint density at radius 3 is 2.69 bits per heavy atom. The zero-order valence-corrected chi connectivity index (χ0v) is 7.77. The predicted octanol–water partition coefficient (Wildman–Crippen LogP) is 0.223. The highest BCUT2D eigenvalue weighted by Crippen LogP contribution is 2.28. The quantitative estimate of drug-likeness (QED) is 0.538. The van der Waals surface area contributed by atoms with Crippen molar-refractivity contribution in [1.29, 1.82) is 0 Å². The second-order valence-electron chi connectivity index (χ2n) is 3.56. The molecule has 1 rings (SSSR count). The van der Waals surface area contributed by atoms with Crippen molar-refractivity contribution in [3.63, 3.8) is 0 Å². The van der Waals surface area contributed by atoms with Gasteiger partial charge in [0.15, 0.2) is 0 Å². The van der Waals surface area contributed by atoms with Crippen LogP contribution in [0.25, 0.3) is 0 Å². The van der Waals surface area contributed by atoms with Crippen molar-refractivity contribution in [3.8, 4) is 0 Å². The maximum Gasteiger partial charge on any atom is 0.104 e. The molecule has 0 saturated carbocycles. The van der Waals surface area contributed by atoms with E-state index in [-0.39, 0.29) is 12.5 Å². The largest absolute Gasteiger partial charge is 0.392 e. The van der Waals surface area contributed by atoms with Gasteiger partial charge < -0.3 is 15.3 Å². The average Bonchev–Trinajstić information content (AvgIpc) is 2.09. The fraction of sp³-hybridized carbons (Fsp3) is 0.600. The summed E-state index contributed by atoms with van der Waals surface area (Å²) >= 11 is 0. The van der Waals surface area contributed by atoms with E-state index in [0.29, 0.717) is 12.0 Å². The molecule has 1 aliphatic carbocycles. The minimum Gasteiger partial charge on any atom is -0.392 e. The van der Waals surface area contributed by atoms with E-state index in [2.05, 4.69) is 6.58 Å². The van der Waals surface area contributed by atoms with E-state index in [1.165, 1.54) is 0 Å². The third-order valence-electron chi connectivity index (χ3n) is 2.57. The molecule has 0 aromatic heterocycles. The minimum absolute atomic E-state index is 0.0923. The van der Waals surface area contributed by atoms with Gasteiger partial charge in [0.2, 0.25) is 0 Å². The van der Waals surface area contributed by atoms with Crippen LogP contribution in [0.1, 0.15) is 13.3 Å². The number of rotatable bonds is 2. The third kappa shape index (κ3) is 1.99. The molecule has 74 valence electrons. The summed E-state index contributed by atoms with van der Waals surface area (Å²) in [5.41, 5.74) is 1.37. The van der Waals surface area contributed by atoms with E-state index in [4.69, 9.17) is 5.11 Å². The van der Waals surface area contributed by atoms with Crippen LogP contribution >= 0.6 is 0 Å². The van der Waals surface area contributed by atoms with Crippen molar-refractivity contribution in [2.75, 3.05) is 6.61 Å². The molecule has 0 aromatic carbocycles. The first-order chi connectivity index (χ1) is 6.07. The summed E-state index contributed by atoms with van der Waals surface area (Å²) in [4.78, 5) is 0. The number of hydrogen-bond acceptors (Lipinski definition) is 3. The Bertz CT molecular complexity index is 232. The molecule has 0 unspecified atom stereocenters. The van der Waals surface area contributed by atoms with Crippen LogP contribution in [0.3, 0.4) is 0 Å². The van der Waals surface area contributed by atoms with Crippen LogP contribution in [0.15, 0.2) is 23.8 Å². The number of aliphatic hydroxyl groups excluding tert-OH is 3. The lowest BCUT2D eigenvalue weighted by molar-refractivity contribution is 0.000758. The Morgan fingerprint density at radius 2 is 2.23 bits per heavy atom. The van der Waals surface area contributed by atoms with Gasteiger partial charge in [-0.05, 0) is 18.9 Å². The van der Waals surface area contributed by atoms with Gasteiger partial charge in [0.05, 0.1) is 12.7 Å². The Labute approximate surface area is 78.0 Å². The van der Waals surface area contributed by atoms with Crippen LogP contribution in [-0.2, 0) is 0 Å². The Balaban J connectivity index is 2.80. The molecule has 1 aliphatic rings. The summed E-state index contributed by atoms with van der Waals surface area (Å²) in [5.74, 6) is -0.0923. The minimum atomic E-state index is -0.944. The Morgan fingerprint density at radius 1 is 1.62 bits per heavy atom. The molecule has 0 amide bonds. The number of aliphatic hydroxyl groups is 3. The van der Waals surface area contributed by atoms with E-state index in [0.717, 1.165) is 5.57 Å². The van der Waals surface area contributed by atoms with Gasteiger partial charge in [-0.2, -0.15) is 0 Å². The van der Waals surface area contributed by atoms with Crippen molar-refractivity contribution >= 4 is 0 Å². The van der Waals surface area contributed by atoms with Crippen LogP contribution in [0.2, 0.25) is 0 Å². The SMILES string of the molecule is C=C(C)[C@@H]1CC=C(CO)[C@@H](O)[C@@H]1O. The van der Waals surface area contributed by atoms with Gasteiger partial charge >= 0.3 is 0 Å². The lowest BCUT2D eigenvalue weighted by Crippen LogP contribution is -2.39.